The van der Waals surface area contributed by atoms with Gasteiger partial charge in [-0.3, -0.25) is 4.79 Å². The predicted molar refractivity (Wildman–Crippen MR) is 83.9 cm³/mol. The van der Waals surface area contributed by atoms with Crippen LogP contribution in [-0.4, -0.2) is 18.7 Å². The van der Waals surface area contributed by atoms with Crippen molar-refractivity contribution in [3.05, 3.63) is 24.3 Å². The molecule has 4 nitrogen and oxygen atoms in total. The Balaban J connectivity index is 4.54. The summed E-state index contributed by atoms with van der Waals surface area (Å²) in [6.45, 7) is 10.1. The first kappa shape index (κ1) is 18.9. The highest BCUT2D eigenvalue weighted by Gasteiger charge is 2.27. The zero-order chi connectivity index (χ0) is 16.0. The molecule has 0 bridgehead atoms. The molecule has 4 heteroatoms. The third kappa shape index (κ3) is 8.12. The molecular formula is C16H30N2O2. The second kappa shape index (κ2) is 7.04. The number of nitrogens with two attached hydrogens (primary N) is 2. The Hall–Kier alpha value is -1.13. The SMILES string of the molecule is COC(=O)C(C)(C)CC=CC(N)(N)C=CCC(C)(C)C. The van der Waals surface area contributed by atoms with Crippen molar-refractivity contribution in [1.82, 2.24) is 0 Å². The second-order valence-corrected chi connectivity index (χ2v) is 7.15. The Kier molecular flexibility index (Phi) is 6.65. The van der Waals surface area contributed by atoms with Gasteiger partial charge in [0.05, 0.1) is 12.5 Å². The van der Waals surface area contributed by atoms with Crippen molar-refractivity contribution in [3.8, 4) is 0 Å². The van der Waals surface area contributed by atoms with Crippen LogP contribution in [0.2, 0.25) is 0 Å². The summed E-state index contributed by atoms with van der Waals surface area (Å²) in [5, 5.41) is 0. The average molecular weight is 282 g/mol. The molecule has 0 aliphatic heterocycles. The van der Waals surface area contributed by atoms with Crippen molar-refractivity contribution in [2.45, 2.75) is 53.1 Å². The number of methoxy groups -OCH3 is 1. The van der Waals surface area contributed by atoms with E-state index in [1.807, 2.05) is 26.0 Å². The number of hydrogen-bond acceptors (Lipinski definition) is 4. The van der Waals surface area contributed by atoms with Crippen LogP contribution >= 0.6 is 0 Å². The largest absolute Gasteiger partial charge is 0.469 e. The summed E-state index contributed by atoms with van der Waals surface area (Å²) < 4.78 is 4.75. The number of allylic oxidation sites excluding steroid dienone is 2. The quantitative estimate of drug-likeness (QED) is 0.446. The van der Waals surface area contributed by atoms with Crippen LogP contribution < -0.4 is 11.5 Å². The van der Waals surface area contributed by atoms with E-state index in [2.05, 4.69) is 20.8 Å². The summed E-state index contributed by atoms with van der Waals surface area (Å²) in [6, 6.07) is 0. The minimum Gasteiger partial charge on any atom is -0.469 e. The molecule has 0 aromatic rings. The fourth-order valence-electron chi connectivity index (χ4n) is 1.59. The molecule has 0 heterocycles. The highest BCUT2D eigenvalue weighted by atomic mass is 16.5. The van der Waals surface area contributed by atoms with Crippen LogP contribution in [0.1, 0.15) is 47.5 Å². The van der Waals surface area contributed by atoms with Crippen LogP contribution in [0.5, 0.6) is 0 Å². The number of carbonyl (C=O) groups excluding carboxylic acids is 1. The van der Waals surface area contributed by atoms with Crippen molar-refractivity contribution in [3.63, 3.8) is 0 Å². The maximum absolute atomic E-state index is 11.5. The molecule has 116 valence electrons. The molecule has 0 aliphatic carbocycles. The Morgan fingerprint density at radius 3 is 1.85 bits per heavy atom. The molecule has 0 aromatic carbocycles. The van der Waals surface area contributed by atoms with Crippen molar-refractivity contribution in [2.75, 3.05) is 7.11 Å². The minimum absolute atomic E-state index is 0.211. The van der Waals surface area contributed by atoms with Crippen molar-refractivity contribution in [1.29, 1.82) is 0 Å². The van der Waals surface area contributed by atoms with Gasteiger partial charge < -0.3 is 16.2 Å². The lowest BCUT2D eigenvalue weighted by atomic mass is 9.88. The van der Waals surface area contributed by atoms with E-state index in [9.17, 15) is 4.79 Å². The topological polar surface area (TPSA) is 78.3 Å². The Morgan fingerprint density at radius 1 is 1.00 bits per heavy atom. The van der Waals surface area contributed by atoms with E-state index >= 15 is 0 Å². The van der Waals surface area contributed by atoms with Crippen LogP contribution in [-0.2, 0) is 9.53 Å². The standard InChI is InChI=1S/C16H30N2O2/c1-14(2,3)9-7-11-16(17,18)12-8-10-15(4,5)13(19)20-6/h7-8,11-12H,9-10,17-18H2,1-6H3. The highest BCUT2D eigenvalue weighted by molar-refractivity contribution is 5.75. The van der Waals surface area contributed by atoms with Gasteiger partial charge in [-0.2, -0.15) is 0 Å². The average Bonchev–Trinajstić information content (AvgIpc) is 2.24. The van der Waals surface area contributed by atoms with Gasteiger partial charge in [0.25, 0.3) is 0 Å². The summed E-state index contributed by atoms with van der Waals surface area (Å²) in [6.07, 6.45) is 8.78. The maximum Gasteiger partial charge on any atom is 0.311 e. The van der Waals surface area contributed by atoms with Crippen molar-refractivity contribution >= 4 is 5.97 Å². The maximum atomic E-state index is 11.5. The molecule has 0 aromatic heterocycles. The Morgan fingerprint density at radius 2 is 1.45 bits per heavy atom. The van der Waals surface area contributed by atoms with E-state index in [1.165, 1.54) is 7.11 Å². The van der Waals surface area contributed by atoms with Crippen LogP contribution in [0.15, 0.2) is 24.3 Å². The lowest BCUT2D eigenvalue weighted by Crippen LogP contribution is -2.45. The molecule has 0 radical (unpaired) electrons. The molecule has 0 spiro atoms. The summed E-state index contributed by atoms with van der Waals surface area (Å²) in [5.41, 5.74) is 10.6. The van der Waals surface area contributed by atoms with Crippen LogP contribution in [0.3, 0.4) is 0 Å². The summed E-state index contributed by atoms with van der Waals surface area (Å²) in [5.74, 6) is -0.245. The van der Waals surface area contributed by atoms with E-state index in [4.69, 9.17) is 16.2 Å². The Bertz CT molecular complexity index is 374. The first-order valence-electron chi connectivity index (χ1n) is 6.91. The molecule has 4 N–H and O–H groups in total. The second-order valence-electron chi connectivity index (χ2n) is 7.15. The zero-order valence-electron chi connectivity index (χ0n) is 13.7. The van der Waals surface area contributed by atoms with E-state index < -0.39 is 11.1 Å². The fraction of sp³-hybridized carbons (Fsp3) is 0.688. The normalized spacial score (nSPS) is 14.2. The first-order chi connectivity index (χ1) is 8.90. The third-order valence-electron chi connectivity index (χ3n) is 2.91. The van der Waals surface area contributed by atoms with E-state index in [1.54, 1.807) is 12.2 Å². The predicted octanol–water partition coefficient (Wildman–Crippen LogP) is 2.74. The molecular weight excluding hydrogens is 252 g/mol. The van der Waals surface area contributed by atoms with E-state index in [-0.39, 0.29) is 11.4 Å². The number of carbonyl (C=O) groups is 1. The van der Waals surface area contributed by atoms with Crippen LogP contribution in [0, 0.1) is 10.8 Å². The van der Waals surface area contributed by atoms with Gasteiger partial charge in [0.2, 0.25) is 0 Å². The van der Waals surface area contributed by atoms with Gasteiger partial charge in [0.15, 0.2) is 0 Å². The minimum atomic E-state index is -0.989. The zero-order valence-corrected chi connectivity index (χ0v) is 13.7. The van der Waals surface area contributed by atoms with Gasteiger partial charge in [-0.25, -0.2) is 0 Å². The fourth-order valence-corrected chi connectivity index (χ4v) is 1.59. The number of ether oxygens (including phenoxy) is 1. The van der Waals surface area contributed by atoms with E-state index in [0.29, 0.717) is 6.42 Å². The first-order valence-corrected chi connectivity index (χ1v) is 6.91. The van der Waals surface area contributed by atoms with Crippen LogP contribution in [0.4, 0.5) is 0 Å². The highest BCUT2D eigenvalue weighted by Crippen LogP contribution is 2.23. The molecule has 0 saturated carbocycles. The third-order valence-corrected chi connectivity index (χ3v) is 2.91. The van der Waals surface area contributed by atoms with Gasteiger partial charge in [0, 0.05) is 0 Å². The van der Waals surface area contributed by atoms with Gasteiger partial charge in [-0.1, -0.05) is 45.1 Å². The molecule has 0 atom stereocenters. The molecule has 0 rings (SSSR count). The summed E-state index contributed by atoms with van der Waals surface area (Å²) in [7, 11) is 1.39. The summed E-state index contributed by atoms with van der Waals surface area (Å²) >= 11 is 0. The van der Waals surface area contributed by atoms with Crippen molar-refractivity contribution in [2.24, 2.45) is 22.3 Å². The Labute approximate surface area is 123 Å². The van der Waals surface area contributed by atoms with Crippen LogP contribution in [0.25, 0.3) is 0 Å². The lowest BCUT2D eigenvalue weighted by molar-refractivity contribution is -0.150. The number of esters is 1. The van der Waals surface area contributed by atoms with Gasteiger partial charge in [-0.05, 0) is 32.1 Å². The van der Waals surface area contributed by atoms with Gasteiger partial charge >= 0.3 is 5.97 Å². The monoisotopic (exact) mass is 282 g/mol. The lowest BCUT2D eigenvalue weighted by Gasteiger charge is -2.21. The van der Waals surface area contributed by atoms with E-state index in [0.717, 1.165) is 6.42 Å². The molecule has 0 fully saturated rings. The number of hydrogen-bond donors (Lipinski definition) is 2. The molecule has 0 amide bonds. The smallest absolute Gasteiger partial charge is 0.311 e. The summed E-state index contributed by atoms with van der Waals surface area (Å²) in [4.78, 5) is 11.5. The van der Waals surface area contributed by atoms with Gasteiger partial charge in [0.1, 0.15) is 5.66 Å². The molecule has 0 aliphatic rings. The molecule has 0 saturated heterocycles. The molecule has 20 heavy (non-hydrogen) atoms. The number of rotatable bonds is 6. The van der Waals surface area contributed by atoms with Gasteiger partial charge in [-0.15, -0.1) is 0 Å². The van der Waals surface area contributed by atoms with Crippen molar-refractivity contribution < 1.29 is 9.53 Å². The molecule has 0 unspecified atom stereocenters.